The van der Waals surface area contributed by atoms with Gasteiger partial charge in [0.25, 0.3) is 0 Å². The predicted molar refractivity (Wildman–Crippen MR) is 98.0 cm³/mol. The molecule has 1 aliphatic carbocycles. The van der Waals surface area contributed by atoms with Crippen LogP contribution in [0.4, 0.5) is 0 Å². The lowest BCUT2D eigenvalue weighted by Crippen LogP contribution is -2.43. The summed E-state index contributed by atoms with van der Waals surface area (Å²) in [6.07, 6.45) is 1.60. The monoisotopic (exact) mass is 502 g/mol. The highest BCUT2D eigenvalue weighted by atomic mass is 127. The second-order valence-corrected chi connectivity index (χ2v) is 7.97. The van der Waals surface area contributed by atoms with Crippen molar-refractivity contribution < 1.29 is 9.53 Å². The Morgan fingerprint density at radius 3 is 2.52 bits per heavy atom. The molecule has 0 radical (unpaired) electrons. The summed E-state index contributed by atoms with van der Waals surface area (Å²) in [4.78, 5) is 12.9. The Balaban J connectivity index is 1.80. The first-order chi connectivity index (χ1) is 10.1. The van der Waals surface area contributed by atoms with Gasteiger partial charge in [-0.15, -0.1) is 0 Å². The Morgan fingerprint density at radius 1 is 1.05 bits per heavy atom. The number of benzene rings is 2. The third-order valence-corrected chi connectivity index (χ3v) is 5.78. The summed E-state index contributed by atoms with van der Waals surface area (Å²) < 4.78 is 8.30. The third-order valence-electron chi connectivity index (χ3n) is 4.31. The molecule has 0 N–H and O–H groups in total. The molecule has 2 nitrogen and oxygen atoms in total. The van der Waals surface area contributed by atoms with Gasteiger partial charge in [0.05, 0.1) is 11.5 Å². The SMILES string of the molecule is O=C1c2c(I)cc(I)cc2OC2Cc3ccccc3CC12. The molecular formula is C17H12I2O2. The molecule has 0 amide bonds. The lowest BCUT2D eigenvalue weighted by molar-refractivity contribution is 0.0632. The van der Waals surface area contributed by atoms with Crippen LogP contribution in [0.1, 0.15) is 21.5 Å². The summed E-state index contributed by atoms with van der Waals surface area (Å²) in [5.74, 6) is 0.967. The Bertz CT molecular complexity index is 754. The zero-order chi connectivity index (χ0) is 14.6. The number of Topliss-reactive ketones (excluding diaryl/α,β-unsaturated/α-hetero) is 1. The summed E-state index contributed by atoms with van der Waals surface area (Å²) >= 11 is 4.51. The molecule has 1 heterocycles. The molecule has 2 aromatic carbocycles. The van der Waals surface area contributed by atoms with E-state index in [1.165, 1.54) is 11.1 Å². The van der Waals surface area contributed by atoms with Gasteiger partial charge in [-0.3, -0.25) is 4.79 Å². The summed E-state index contributed by atoms with van der Waals surface area (Å²) in [5, 5.41) is 0. The average Bonchev–Trinajstić information content (AvgIpc) is 2.45. The van der Waals surface area contributed by atoms with Gasteiger partial charge >= 0.3 is 0 Å². The van der Waals surface area contributed by atoms with E-state index in [0.29, 0.717) is 0 Å². The summed E-state index contributed by atoms with van der Waals surface area (Å²) in [6, 6.07) is 12.4. The van der Waals surface area contributed by atoms with Crippen molar-refractivity contribution in [3.63, 3.8) is 0 Å². The molecular weight excluding hydrogens is 490 g/mol. The number of hydrogen-bond acceptors (Lipinski definition) is 2. The van der Waals surface area contributed by atoms with Gasteiger partial charge in [0.2, 0.25) is 0 Å². The molecule has 0 aromatic heterocycles. The standard InChI is InChI=1S/C17H12I2O2/c18-11-7-13(19)16-15(8-11)21-14-6-10-4-2-1-3-9(10)5-12(14)17(16)20/h1-4,7-8,12,14H,5-6H2. The highest BCUT2D eigenvalue weighted by Gasteiger charge is 2.41. The maximum atomic E-state index is 12.9. The van der Waals surface area contributed by atoms with Crippen molar-refractivity contribution in [2.75, 3.05) is 0 Å². The lowest BCUT2D eigenvalue weighted by Gasteiger charge is -2.37. The Labute approximate surface area is 150 Å². The number of ether oxygens (including phenoxy) is 1. The molecule has 2 aromatic rings. The lowest BCUT2D eigenvalue weighted by atomic mass is 9.76. The van der Waals surface area contributed by atoms with E-state index in [-0.39, 0.29) is 17.8 Å². The van der Waals surface area contributed by atoms with Crippen LogP contribution in [0.3, 0.4) is 0 Å². The van der Waals surface area contributed by atoms with Crippen molar-refractivity contribution in [2.24, 2.45) is 5.92 Å². The summed E-state index contributed by atoms with van der Waals surface area (Å²) in [7, 11) is 0. The fourth-order valence-electron chi connectivity index (χ4n) is 3.30. The van der Waals surface area contributed by atoms with Gasteiger partial charge in [-0.05, 0) is 74.9 Å². The Morgan fingerprint density at radius 2 is 1.76 bits per heavy atom. The molecule has 0 bridgehead atoms. The smallest absolute Gasteiger partial charge is 0.174 e. The normalized spacial score (nSPS) is 22.9. The topological polar surface area (TPSA) is 26.3 Å². The number of fused-ring (bicyclic) bond motifs is 3. The minimum atomic E-state index is -0.0408. The van der Waals surface area contributed by atoms with Crippen LogP contribution in [0.15, 0.2) is 36.4 Å². The molecule has 2 atom stereocenters. The van der Waals surface area contributed by atoms with Gasteiger partial charge < -0.3 is 4.74 Å². The van der Waals surface area contributed by atoms with Crippen LogP contribution in [-0.4, -0.2) is 11.9 Å². The molecule has 2 unspecified atom stereocenters. The van der Waals surface area contributed by atoms with Crippen molar-refractivity contribution in [3.8, 4) is 5.75 Å². The molecule has 1 aliphatic heterocycles. The minimum absolute atomic E-state index is 0.0195. The number of carbonyl (C=O) groups is 1. The van der Waals surface area contributed by atoms with E-state index in [9.17, 15) is 4.79 Å². The average molecular weight is 502 g/mol. The fraction of sp³-hybridized carbons (Fsp3) is 0.235. The van der Waals surface area contributed by atoms with E-state index in [0.717, 1.165) is 31.3 Å². The summed E-state index contributed by atoms with van der Waals surface area (Å²) in [6.45, 7) is 0. The Kier molecular flexibility index (Phi) is 3.48. The van der Waals surface area contributed by atoms with Crippen LogP contribution < -0.4 is 4.74 Å². The van der Waals surface area contributed by atoms with Crippen LogP contribution in [0.2, 0.25) is 0 Å². The molecule has 21 heavy (non-hydrogen) atoms. The predicted octanol–water partition coefficient (Wildman–Crippen LogP) is 4.25. The van der Waals surface area contributed by atoms with Gasteiger partial charge in [-0.25, -0.2) is 0 Å². The zero-order valence-electron chi connectivity index (χ0n) is 11.1. The van der Waals surface area contributed by atoms with E-state index in [1.807, 2.05) is 18.2 Å². The second kappa shape index (κ2) is 5.22. The largest absolute Gasteiger partial charge is 0.488 e. The van der Waals surface area contributed by atoms with E-state index >= 15 is 0 Å². The van der Waals surface area contributed by atoms with E-state index in [1.54, 1.807) is 0 Å². The second-order valence-electron chi connectivity index (χ2n) is 5.56. The first-order valence-corrected chi connectivity index (χ1v) is 9.06. The van der Waals surface area contributed by atoms with Crippen LogP contribution in [0.5, 0.6) is 5.75 Å². The fourth-order valence-corrected chi connectivity index (χ4v) is 5.36. The molecule has 4 rings (SSSR count). The first-order valence-electron chi connectivity index (χ1n) is 6.90. The van der Waals surface area contributed by atoms with Gasteiger partial charge in [-0.1, -0.05) is 24.3 Å². The minimum Gasteiger partial charge on any atom is -0.488 e. The van der Waals surface area contributed by atoms with Gasteiger partial charge in [0.15, 0.2) is 5.78 Å². The highest BCUT2D eigenvalue weighted by molar-refractivity contribution is 14.1. The number of hydrogen-bond donors (Lipinski definition) is 0. The molecule has 0 saturated carbocycles. The zero-order valence-corrected chi connectivity index (χ0v) is 15.4. The van der Waals surface area contributed by atoms with Crippen molar-refractivity contribution >= 4 is 51.0 Å². The summed E-state index contributed by atoms with van der Waals surface area (Å²) in [5.41, 5.74) is 3.38. The molecule has 0 saturated heterocycles. The highest BCUT2D eigenvalue weighted by Crippen LogP contribution is 2.40. The van der Waals surface area contributed by atoms with Crippen molar-refractivity contribution in [1.82, 2.24) is 0 Å². The van der Waals surface area contributed by atoms with Gasteiger partial charge in [0.1, 0.15) is 11.9 Å². The maximum absolute atomic E-state index is 12.9. The van der Waals surface area contributed by atoms with Crippen molar-refractivity contribution in [2.45, 2.75) is 18.9 Å². The molecule has 2 aliphatic rings. The molecule has 106 valence electrons. The number of ketones is 1. The van der Waals surface area contributed by atoms with Crippen LogP contribution >= 0.6 is 45.2 Å². The molecule has 0 fully saturated rings. The molecule has 0 spiro atoms. The maximum Gasteiger partial charge on any atom is 0.174 e. The third kappa shape index (κ3) is 2.30. The number of rotatable bonds is 0. The van der Waals surface area contributed by atoms with Crippen molar-refractivity contribution in [1.29, 1.82) is 0 Å². The van der Waals surface area contributed by atoms with Crippen LogP contribution in [-0.2, 0) is 12.8 Å². The quantitative estimate of drug-likeness (QED) is 0.504. The van der Waals surface area contributed by atoms with Crippen LogP contribution in [0, 0.1) is 13.1 Å². The Hall–Kier alpha value is -0.630. The number of carbonyl (C=O) groups excluding carboxylic acids is 1. The van der Waals surface area contributed by atoms with Crippen molar-refractivity contribution in [3.05, 3.63) is 60.2 Å². The van der Waals surface area contributed by atoms with E-state index < -0.39 is 0 Å². The van der Waals surface area contributed by atoms with Gasteiger partial charge in [-0.2, -0.15) is 0 Å². The van der Waals surface area contributed by atoms with Crippen LogP contribution in [0.25, 0.3) is 0 Å². The van der Waals surface area contributed by atoms with Gasteiger partial charge in [0, 0.05) is 13.6 Å². The molecule has 4 heteroatoms. The van der Waals surface area contributed by atoms with E-state index in [2.05, 4.69) is 63.4 Å². The van der Waals surface area contributed by atoms with E-state index in [4.69, 9.17) is 4.74 Å². The number of halogens is 2. The first kappa shape index (κ1) is 14.0.